The minimum atomic E-state index is 0.729. The minimum Gasteiger partial charge on any atom is -0.247 e. The van der Waals surface area contributed by atoms with Gasteiger partial charge in [0.25, 0.3) is 0 Å². The Bertz CT molecular complexity index is 717. The molecule has 0 amide bonds. The molecule has 20 heavy (non-hydrogen) atoms. The van der Waals surface area contributed by atoms with Crippen molar-refractivity contribution in [3.8, 4) is 0 Å². The van der Waals surface area contributed by atoms with E-state index in [0.29, 0.717) is 0 Å². The van der Waals surface area contributed by atoms with Crippen LogP contribution in [0.4, 0.5) is 5.69 Å². The normalized spacial score (nSPS) is 15.9. The Kier molecular flexibility index (Phi) is 3.23. The first kappa shape index (κ1) is 13.1. The maximum absolute atomic E-state index is 6.39. The van der Waals surface area contributed by atoms with Crippen molar-refractivity contribution in [1.82, 2.24) is 0 Å². The average Bonchev–Trinajstić information content (AvgIpc) is 2.40. The highest BCUT2D eigenvalue weighted by molar-refractivity contribution is 6.38. The van der Waals surface area contributed by atoms with E-state index in [1.807, 2.05) is 13.0 Å². The Morgan fingerprint density at radius 1 is 1.35 bits per heavy atom. The summed E-state index contributed by atoms with van der Waals surface area (Å²) in [6, 6.07) is 2.00. The van der Waals surface area contributed by atoms with Crippen molar-refractivity contribution in [1.29, 1.82) is 0 Å². The second-order valence-electron chi connectivity index (χ2n) is 5.13. The summed E-state index contributed by atoms with van der Waals surface area (Å²) >= 11 is 6.39. The van der Waals surface area contributed by atoms with E-state index in [-0.39, 0.29) is 0 Å². The van der Waals surface area contributed by atoms with Crippen LogP contribution in [0, 0.1) is 0 Å². The Morgan fingerprint density at radius 2 is 2.15 bits per heavy atom. The summed E-state index contributed by atoms with van der Waals surface area (Å²) in [7, 11) is 0. The molecule has 0 spiro atoms. The number of benzene rings is 1. The number of hydrogen-bond acceptors (Lipinski definition) is 1. The summed E-state index contributed by atoms with van der Waals surface area (Å²) in [5.74, 6) is 0. The molecule has 0 saturated carbocycles. The van der Waals surface area contributed by atoms with Crippen molar-refractivity contribution in [2.45, 2.75) is 19.8 Å². The molecule has 0 N–H and O–H groups in total. The topological polar surface area (TPSA) is 12.4 Å². The molecule has 1 aliphatic heterocycles. The molecule has 3 rings (SSSR count). The van der Waals surface area contributed by atoms with Gasteiger partial charge >= 0.3 is 0 Å². The molecule has 100 valence electrons. The quantitative estimate of drug-likeness (QED) is 0.671. The molecular weight excluding hydrogens is 266 g/mol. The van der Waals surface area contributed by atoms with Gasteiger partial charge in [-0.25, -0.2) is 4.99 Å². The number of hydrogen-bond donors (Lipinski definition) is 0. The lowest BCUT2D eigenvalue weighted by Gasteiger charge is -2.25. The molecule has 0 atom stereocenters. The third kappa shape index (κ3) is 1.90. The molecule has 0 bridgehead atoms. The minimum absolute atomic E-state index is 0.729. The van der Waals surface area contributed by atoms with E-state index in [1.54, 1.807) is 6.08 Å². The fraction of sp³-hybridized carbons (Fsp3) is 0.167. The number of aliphatic imine (C=N–C) groups is 1. The van der Waals surface area contributed by atoms with Crippen LogP contribution in [0.2, 0.25) is 5.02 Å². The van der Waals surface area contributed by atoms with Crippen LogP contribution in [0.3, 0.4) is 0 Å². The van der Waals surface area contributed by atoms with Crippen LogP contribution in [0.1, 0.15) is 36.5 Å². The molecule has 1 aliphatic carbocycles. The second kappa shape index (κ2) is 4.92. The highest BCUT2D eigenvalue weighted by Crippen LogP contribution is 2.46. The van der Waals surface area contributed by atoms with Gasteiger partial charge in [0.2, 0.25) is 0 Å². The van der Waals surface area contributed by atoms with Crippen LogP contribution < -0.4 is 0 Å². The van der Waals surface area contributed by atoms with E-state index in [1.165, 1.54) is 5.57 Å². The molecule has 0 radical (unpaired) electrons. The lowest BCUT2D eigenvalue weighted by molar-refractivity contribution is 1.04. The summed E-state index contributed by atoms with van der Waals surface area (Å²) in [4.78, 5) is 4.58. The summed E-state index contributed by atoms with van der Waals surface area (Å²) in [6.07, 6.45) is 10.6. The summed E-state index contributed by atoms with van der Waals surface area (Å²) in [5, 5.41) is 0.729. The van der Waals surface area contributed by atoms with Crippen molar-refractivity contribution in [3.05, 3.63) is 65.2 Å². The molecule has 1 aromatic carbocycles. The number of halogens is 1. The van der Waals surface area contributed by atoms with Gasteiger partial charge in [-0.05, 0) is 43.0 Å². The van der Waals surface area contributed by atoms with E-state index < -0.39 is 0 Å². The Balaban J connectivity index is 2.26. The number of rotatable bonds is 3. The van der Waals surface area contributed by atoms with E-state index in [9.17, 15) is 0 Å². The van der Waals surface area contributed by atoms with E-state index >= 15 is 0 Å². The maximum Gasteiger partial charge on any atom is 0.0830 e. The largest absolute Gasteiger partial charge is 0.247 e. The van der Waals surface area contributed by atoms with Crippen LogP contribution in [0.25, 0.3) is 11.1 Å². The molecular formula is C18H16ClN. The van der Waals surface area contributed by atoms with Gasteiger partial charge in [0.1, 0.15) is 0 Å². The predicted octanol–water partition coefficient (Wildman–Crippen LogP) is 5.73. The maximum atomic E-state index is 6.39. The van der Waals surface area contributed by atoms with Gasteiger partial charge in [-0.3, -0.25) is 0 Å². The third-order valence-corrected chi connectivity index (χ3v) is 3.98. The lowest BCUT2D eigenvalue weighted by Crippen LogP contribution is -2.11. The smallest absolute Gasteiger partial charge is 0.0830 e. The number of allylic oxidation sites excluding steroid dienone is 6. The van der Waals surface area contributed by atoms with Gasteiger partial charge in [-0.15, -0.1) is 0 Å². The molecule has 0 fully saturated rings. The Morgan fingerprint density at radius 3 is 2.75 bits per heavy atom. The summed E-state index contributed by atoms with van der Waals surface area (Å²) < 4.78 is 0. The second-order valence-corrected chi connectivity index (χ2v) is 5.53. The van der Waals surface area contributed by atoms with Gasteiger partial charge in [-0.2, -0.15) is 0 Å². The van der Waals surface area contributed by atoms with Gasteiger partial charge in [0.15, 0.2) is 0 Å². The van der Waals surface area contributed by atoms with Crippen LogP contribution in [0.15, 0.2) is 48.5 Å². The van der Waals surface area contributed by atoms with E-state index in [2.05, 4.69) is 36.4 Å². The van der Waals surface area contributed by atoms with E-state index in [4.69, 9.17) is 11.6 Å². The van der Waals surface area contributed by atoms with Gasteiger partial charge in [0, 0.05) is 11.1 Å². The van der Waals surface area contributed by atoms with Gasteiger partial charge < -0.3 is 0 Å². The van der Waals surface area contributed by atoms with Gasteiger partial charge in [-0.1, -0.05) is 48.6 Å². The monoisotopic (exact) mass is 281 g/mol. The fourth-order valence-corrected chi connectivity index (χ4v) is 2.99. The fourth-order valence-electron chi connectivity index (χ4n) is 2.69. The number of nitrogens with zero attached hydrogens (tertiary/aromatic N) is 1. The summed E-state index contributed by atoms with van der Waals surface area (Å²) in [5.41, 5.74) is 7.32. The zero-order valence-corrected chi connectivity index (χ0v) is 12.3. The highest BCUT2D eigenvalue weighted by Gasteiger charge is 2.27. The van der Waals surface area contributed by atoms with Crippen molar-refractivity contribution in [3.63, 3.8) is 0 Å². The molecule has 0 aromatic heterocycles. The first-order chi connectivity index (χ1) is 9.63. The van der Waals surface area contributed by atoms with E-state index in [0.717, 1.165) is 51.5 Å². The van der Waals surface area contributed by atoms with Crippen molar-refractivity contribution < 1.29 is 0 Å². The predicted molar refractivity (Wildman–Crippen MR) is 88.9 cm³/mol. The molecule has 1 nitrogen and oxygen atoms in total. The third-order valence-electron chi connectivity index (χ3n) is 3.68. The van der Waals surface area contributed by atoms with Crippen molar-refractivity contribution in [2.24, 2.45) is 4.99 Å². The highest BCUT2D eigenvalue weighted by atomic mass is 35.5. The molecule has 1 aromatic rings. The first-order valence-corrected chi connectivity index (χ1v) is 7.12. The Labute approximate surface area is 124 Å². The molecule has 1 heterocycles. The standard InChI is InChI=1S/C18H16ClN/c1-4-15-17-14(19)10-13(11(2)3)16(18(17)20-15)12-8-6-5-7-9-12/h4,6,8-10H,1-2,5,7H2,3H3. The van der Waals surface area contributed by atoms with Crippen LogP contribution >= 0.6 is 11.6 Å². The molecule has 0 saturated heterocycles. The average molecular weight is 282 g/mol. The van der Waals surface area contributed by atoms with Gasteiger partial charge in [0.05, 0.1) is 16.4 Å². The van der Waals surface area contributed by atoms with Crippen LogP contribution in [-0.2, 0) is 0 Å². The number of fused-ring (bicyclic) bond motifs is 1. The van der Waals surface area contributed by atoms with Crippen LogP contribution in [-0.4, -0.2) is 5.71 Å². The summed E-state index contributed by atoms with van der Waals surface area (Å²) in [6.45, 7) is 9.87. The van der Waals surface area contributed by atoms with Crippen LogP contribution in [0.5, 0.6) is 0 Å². The zero-order valence-electron chi connectivity index (χ0n) is 11.5. The lowest BCUT2D eigenvalue weighted by atomic mass is 9.86. The molecule has 0 unspecified atom stereocenters. The van der Waals surface area contributed by atoms with Crippen molar-refractivity contribution >= 4 is 34.1 Å². The zero-order chi connectivity index (χ0) is 14.3. The van der Waals surface area contributed by atoms with Crippen molar-refractivity contribution in [2.75, 3.05) is 0 Å². The Hall–Kier alpha value is -1.86. The molecule has 2 heteroatoms. The molecule has 2 aliphatic rings. The first-order valence-electron chi connectivity index (χ1n) is 6.74. The SMILES string of the molecule is C=CC1=Nc2c1c(Cl)cc(C(=C)C)c2C1=CCCC=C1.